The smallest absolute Gasteiger partial charge is 0.329 e. The molecular formula is C7H6BrClN4O2. The molecule has 0 aliphatic heterocycles. The Morgan fingerprint density at radius 2 is 2.47 bits per heavy atom. The molecule has 0 atom stereocenters. The summed E-state index contributed by atoms with van der Waals surface area (Å²) in [6.07, 6.45) is 1.05. The Hall–Kier alpha value is -1.21. The summed E-state index contributed by atoms with van der Waals surface area (Å²) in [4.78, 5) is 17.2. The number of aromatic nitrogens is 2. The fourth-order valence-electron chi connectivity index (χ4n) is 0.797. The van der Waals surface area contributed by atoms with Gasteiger partial charge in [-0.05, 0) is 11.6 Å². The molecule has 0 radical (unpaired) electrons. The van der Waals surface area contributed by atoms with E-state index in [1.807, 2.05) is 0 Å². The zero-order valence-corrected chi connectivity index (χ0v) is 9.75. The zero-order valence-electron chi connectivity index (χ0n) is 7.41. The molecule has 0 fully saturated rings. The first-order chi connectivity index (χ1) is 7.00. The van der Waals surface area contributed by atoms with Gasteiger partial charge < -0.3 is 5.32 Å². The Labute approximate surface area is 98.6 Å². The van der Waals surface area contributed by atoms with Crippen molar-refractivity contribution >= 4 is 39.0 Å². The molecule has 6 nitrogen and oxygen atoms in total. The van der Waals surface area contributed by atoms with E-state index in [-0.39, 0.29) is 16.8 Å². The van der Waals surface area contributed by atoms with E-state index < -0.39 is 4.92 Å². The Morgan fingerprint density at radius 3 is 3.00 bits per heavy atom. The van der Waals surface area contributed by atoms with Crippen LogP contribution in [0.2, 0.25) is 5.28 Å². The van der Waals surface area contributed by atoms with Gasteiger partial charge >= 0.3 is 5.69 Å². The van der Waals surface area contributed by atoms with Gasteiger partial charge in [0.05, 0.1) is 4.92 Å². The minimum absolute atomic E-state index is 0.0525. The van der Waals surface area contributed by atoms with E-state index >= 15 is 0 Å². The van der Waals surface area contributed by atoms with E-state index in [0.29, 0.717) is 11.0 Å². The molecule has 0 unspecified atom stereocenters. The Balaban J connectivity index is 2.96. The highest BCUT2D eigenvalue weighted by Crippen LogP contribution is 2.22. The van der Waals surface area contributed by atoms with Crippen molar-refractivity contribution in [1.82, 2.24) is 9.97 Å². The molecule has 0 amide bonds. The molecule has 1 heterocycles. The maximum atomic E-state index is 10.6. The van der Waals surface area contributed by atoms with Crippen molar-refractivity contribution in [3.63, 3.8) is 0 Å². The third-order valence-corrected chi connectivity index (χ3v) is 1.85. The lowest BCUT2D eigenvalue weighted by atomic mass is 10.4. The first-order valence-corrected chi connectivity index (χ1v) is 4.92. The molecule has 0 saturated carbocycles. The molecule has 0 aromatic carbocycles. The SMILES string of the molecule is C=C(Br)CNc1nc(Cl)ncc1[N+](=O)[O-]. The second-order valence-corrected chi connectivity index (χ2v) is 3.96. The topological polar surface area (TPSA) is 81.0 Å². The highest BCUT2D eigenvalue weighted by molar-refractivity contribution is 9.11. The van der Waals surface area contributed by atoms with Gasteiger partial charge in [0.25, 0.3) is 0 Å². The van der Waals surface area contributed by atoms with Gasteiger partial charge in [-0.2, -0.15) is 4.98 Å². The normalized spacial score (nSPS) is 9.73. The third-order valence-electron chi connectivity index (χ3n) is 1.38. The molecule has 0 saturated heterocycles. The lowest BCUT2D eigenvalue weighted by Crippen LogP contribution is -2.06. The first-order valence-electron chi connectivity index (χ1n) is 3.75. The van der Waals surface area contributed by atoms with Gasteiger partial charge in [0, 0.05) is 11.0 Å². The van der Waals surface area contributed by atoms with Crippen LogP contribution in [-0.4, -0.2) is 21.4 Å². The zero-order chi connectivity index (χ0) is 11.4. The molecule has 1 rings (SSSR count). The molecule has 0 spiro atoms. The molecule has 80 valence electrons. The average Bonchev–Trinajstić information content (AvgIpc) is 2.14. The fourth-order valence-corrected chi connectivity index (χ4v) is 1.07. The van der Waals surface area contributed by atoms with Crippen LogP contribution in [0.25, 0.3) is 0 Å². The van der Waals surface area contributed by atoms with Crippen molar-refractivity contribution in [2.45, 2.75) is 0 Å². The minimum Gasteiger partial charge on any atom is -0.360 e. The first kappa shape index (κ1) is 11.9. The maximum absolute atomic E-state index is 10.6. The molecule has 8 heteroatoms. The predicted molar refractivity (Wildman–Crippen MR) is 60.3 cm³/mol. The summed E-state index contributed by atoms with van der Waals surface area (Å²) >= 11 is 8.63. The number of hydrogen-bond acceptors (Lipinski definition) is 5. The van der Waals surface area contributed by atoms with Gasteiger partial charge in [-0.1, -0.05) is 22.5 Å². The van der Waals surface area contributed by atoms with Gasteiger partial charge in [-0.25, -0.2) is 4.98 Å². The summed E-state index contributed by atoms with van der Waals surface area (Å²) < 4.78 is 0.645. The number of nitrogens with zero attached hydrogens (tertiary/aromatic N) is 3. The van der Waals surface area contributed by atoms with Gasteiger partial charge in [-0.3, -0.25) is 10.1 Å². The maximum Gasteiger partial charge on any atom is 0.329 e. The summed E-state index contributed by atoms with van der Waals surface area (Å²) in [6.45, 7) is 3.89. The van der Waals surface area contributed by atoms with E-state index in [2.05, 4.69) is 37.8 Å². The van der Waals surface area contributed by atoms with Crippen LogP contribution in [0.4, 0.5) is 11.5 Å². The van der Waals surface area contributed by atoms with Crippen LogP contribution in [0.15, 0.2) is 17.3 Å². The van der Waals surface area contributed by atoms with Gasteiger partial charge in [0.15, 0.2) is 0 Å². The number of nitrogens with one attached hydrogen (secondary N) is 1. The van der Waals surface area contributed by atoms with Gasteiger partial charge in [-0.15, -0.1) is 0 Å². The van der Waals surface area contributed by atoms with Crippen LogP contribution >= 0.6 is 27.5 Å². The van der Waals surface area contributed by atoms with Crippen molar-refractivity contribution in [2.24, 2.45) is 0 Å². The van der Waals surface area contributed by atoms with Crippen LogP contribution < -0.4 is 5.32 Å². The molecule has 1 N–H and O–H groups in total. The van der Waals surface area contributed by atoms with Crippen LogP contribution in [0.3, 0.4) is 0 Å². The number of halogens is 2. The predicted octanol–water partition coefficient (Wildman–Crippen LogP) is 2.36. The molecule has 1 aromatic heterocycles. The summed E-state index contributed by atoms with van der Waals surface area (Å²) in [5.41, 5.74) is -0.229. The summed E-state index contributed by atoms with van der Waals surface area (Å²) in [6, 6.07) is 0. The van der Waals surface area contributed by atoms with Crippen LogP contribution in [0, 0.1) is 10.1 Å². The summed E-state index contributed by atoms with van der Waals surface area (Å²) in [7, 11) is 0. The molecule has 0 bridgehead atoms. The minimum atomic E-state index is -0.588. The van der Waals surface area contributed by atoms with Crippen LogP contribution in [0.1, 0.15) is 0 Å². The molecular weight excluding hydrogens is 287 g/mol. The molecule has 15 heavy (non-hydrogen) atoms. The van der Waals surface area contributed by atoms with E-state index in [1.165, 1.54) is 0 Å². The Kier molecular flexibility index (Phi) is 3.98. The summed E-state index contributed by atoms with van der Waals surface area (Å²) in [5.74, 6) is 0.0700. The van der Waals surface area contributed by atoms with Crippen molar-refractivity contribution in [2.75, 3.05) is 11.9 Å². The largest absolute Gasteiger partial charge is 0.360 e. The van der Waals surface area contributed by atoms with Gasteiger partial charge in [0.1, 0.15) is 6.20 Å². The number of nitro groups is 1. The quantitative estimate of drug-likeness (QED) is 0.523. The molecule has 0 aliphatic carbocycles. The number of rotatable bonds is 4. The van der Waals surface area contributed by atoms with Crippen molar-refractivity contribution in [3.05, 3.63) is 32.7 Å². The third kappa shape index (κ3) is 3.45. The molecule has 1 aromatic rings. The molecule has 0 aliphatic rings. The second-order valence-electron chi connectivity index (χ2n) is 2.50. The van der Waals surface area contributed by atoms with Crippen molar-refractivity contribution in [1.29, 1.82) is 0 Å². The van der Waals surface area contributed by atoms with Crippen molar-refractivity contribution < 1.29 is 4.92 Å². The second kappa shape index (κ2) is 5.04. The van der Waals surface area contributed by atoms with Crippen LogP contribution in [0.5, 0.6) is 0 Å². The standard InChI is InChI=1S/C7H6BrClN4O2/c1-4(8)2-10-6-5(13(14)15)3-11-7(9)12-6/h3H,1-2H2,(H,10,11,12). The number of hydrogen-bond donors (Lipinski definition) is 1. The van der Waals surface area contributed by atoms with Crippen molar-refractivity contribution in [3.8, 4) is 0 Å². The van der Waals surface area contributed by atoms with E-state index in [1.54, 1.807) is 0 Å². The summed E-state index contributed by atoms with van der Waals surface area (Å²) in [5, 5.41) is 13.2. The lowest BCUT2D eigenvalue weighted by Gasteiger charge is -2.04. The monoisotopic (exact) mass is 292 g/mol. The Bertz CT molecular complexity index is 412. The van der Waals surface area contributed by atoms with E-state index in [4.69, 9.17) is 11.6 Å². The van der Waals surface area contributed by atoms with E-state index in [9.17, 15) is 10.1 Å². The van der Waals surface area contributed by atoms with Gasteiger partial charge in [0.2, 0.25) is 11.1 Å². The Morgan fingerprint density at radius 1 is 1.80 bits per heavy atom. The highest BCUT2D eigenvalue weighted by Gasteiger charge is 2.16. The lowest BCUT2D eigenvalue weighted by molar-refractivity contribution is -0.384. The van der Waals surface area contributed by atoms with E-state index in [0.717, 1.165) is 6.20 Å². The fraction of sp³-hybridized carbons (Fsp3) is 0.143. The highest BCUT2D eigenvalue weighted by atomic mass is 79.9. The van der Waals surface area contributed by atoms with Crippen LogP contribution in [-0.2, 0) is 0 Å². The number of anilines is 1. The average molecular weight is 294 g/mol.